The minimum Gasteiger partial charge on any atom is -0.352 e. The number of nitrogens with zero attached hydrogens (tertiary/aromatic N) is 2. The van der Waals surface area contributed by atoms with Gasteiger partial charge in [-0.05, 0) is 24.3 Å². The standard InChI is InChI=1S/C15H19N3O4S/c1-3-10(4-2)16-12(19)9-18-14(21)13(20)17(15(18)22)8-11-6-5-7-23-11/h5-7,10H,3-4,8-9H2,1-2H3,(H,16,19). The summed E-state index contributed by atoms with van der Waals surface area (Å²) in [6.07, 6.45) is 1.52. The highest BCUT2D eigenvalue weighted by molar-refractivity contribution is 7.09. The average molecular weight is 337 g/mol. The molecule has 0 bridgehead atoms. The summed E-state index contributed by atoms with van der Waals surface area (Å²) in [4.78, 5) is 50.5. The molecule has 2 heterocycles. The molecule has 1 aliphatic heterocycles. The van der Waals surface area contributed by atoms with E-state index in [2.05, 4.69) is 5.32 Å². The van der Waals surface area contributed by atoms with Crippen molar-refractivity contribution < 1.29 is 19.2 Å². The molecule has 1 aliphatic rings. The molecule has 8 heteroatoms. The highest BCUT2D eigenvalue weighted by Gasteiger charge is 2.45. The molecule has 1 saturated heterocycles. The van der Waals surface area contributed by atoms with Crippen LogP contribution >= 0.6 is 11.3 Å². The van der Waals surface area contributed by atoms with Crippen LogP contribution in [0.5, 0.6) is 0 Å². The first-order valence-electron chi connectivity index (χ1n) is 7.47. The van der Waals surface area contributed by atoms with Crippen LogP contribution in [-0.4, -0.2) is 46.1 Å². The summed E-state index contributed by atoms with van der Waals surface area (Å²) >= 11 is 1.39. The Balaban J connectivity index is 2.02. The van der Waals surface area contributed by atoms with E-state index in [-0.39, 0.29) is 12.6 Å². The molecule has 0 saturated carbocycles. The number of hydrogen-bond donors (Lipinski definition) is 1. The molecule has 1 aromatic rings. The molecular weight excluding hydrogens is 318 g/mol. The van der Waals surface area contributed by atoms with Gasteiger partial charge in [0, 0.05) is 10.9 Å². The zero-order valence-electron chi connectivity index (χ0n) is 13.1. The molecule has 0 aliphatic carbocycles. The normalized spacial score (nSPS) is 15.0. The Bertz CT molecular complexity index is 610. The van der Waals surface area contributed by atoms with Crippen molar-refractivity contribution >= 4 is 35.1 Å². The van der Waals surface area contributed by atoms with Gasteiger partial charge in [-0.15, -0.1) is 11.3 Å². The van der Waals surface area contributed by atoms with Gasteiger partial charge in [0.2, 0.25) is 5.91 Å². The van der Waals surface area contributed by atoms with E-state index >= 15 is 0 Å². The minimum absolute atomic E-state index is 0.00627. The van der Waals surface area contributed by atoms with Crippen molar-refractivity contribution in [3.8, 4) is 0 Å². The van der Waals surface area contributed by atoms with Crippen LogP contribution in [0.15, 0.2) is 17.5 Å². The number of thiophene rings is 1. The van der Waals surface area contributed by atoms with E-state index in [1.165, 1.54) is 11.3 Å². The summed E-state index contributed by atoms with van der Waals surface area (Å²) in [5, 5.41) is 4.57. The van der Waals surface area contributed by atoms with Crippen molar-refractivity contribution in [3.05, 3.63) is 22.4 Å². The van der Waals surface area contributed by atoms with Crippen LogP contribution in [0.3, 0.4) is 0 Å². The molecule has 2 rings (SSSR count). The van der Waals surface area contributed by atoms with E-state index < -0.39 is 30.3 Å². The van der Waals surface area contributed by atoms with Crippen molar-refractivity contribution in [3.63, 3.8) is 0 Å². The zero-order valence-corrected chi connectivity index (χ0v) is 13.9. The monoisotopic (exact) mass is 337 g/mol. The average Bonchev–Trinajstić information content (AvgIpc) is 3.12. The summed E-state index contributed by atoms with van der Waals surface area (Å²) < 4.78 is 0. The Labute approximate surface area is 138 Å². The first kappa shape index (κ1) is 17.1. The van der Waals surface area contributed by atoms with Crippen molar-refractivity contribution in [1.82, 2.24) is 15.1 Å². The van der Waals surface area contributed by atoms with E-state index in [1.807, 2.05) is 19.2 Å². The summed E-state index contributed by atoms with van der Waals surface area (Å²) in [6.45, 7) is 3.49. The van der Waals surface area contributed by atoms with Crippen molar-refractivity contribution in [1.29, 1.82) is 0 Å². The fourth-order valence-corrected chi connectivity index (χ4v) is 2.99. The summed E-state index contributed by atoms with van der Waals surface area (Å²) in [7, 11) is 0. The lowest BCUT2D eigenvalue weighted by molar-refractivity contribution is -0.144. The number of carbonyl (C=O) groups excluding carboxylic acids is 4. The van der Waals surface area contributed by atoms with Gasteiger partial charge in [-0.3, -0.25) is 19.3 Å². The van der Waals surface area contributed by atoms with Crippen LogP contribution in [-0.2, 0) is 20.9 Å². The predicted octanol–water partition coefficient (Wildman–Crippen LogP) is 1.34. The van der Waals surface area contributed by atoms with E-state index in [9.17, 15) is 19.2 Å². The maximum Gasteiger partial charge on any atom is 0.335 e. The lowest BCUT2D eigenvalue weighted by Crippen LogP contribution is -2.44. The zero-order chi connectivity index (χ0) is 17.0. The molecule has 0 aromatic carbocycles. The number of imide groups is 2. The molecule has 0 radical (unpaired) electrons. The topological polar surface area (TPSA) is 86.8 Å². The van der Waals surface area contributed by atoms with E-state index in [4.69, 9.17) is 0 Å². The first-order valence-corrected chi connectivity index (χ1v) is 8.34. The summed E-state index contributed by atoms with van der Waals surface area (Å²) in [5.74, 6) is -2.28. The highest BCUT2D eigenvalue weighted by Crippen LogP contribution is 2.18. The lowest BCUT2D eigenvalue weighted by atomic mass is 10.2. The maximum atomic E-state index is 12.2. The van der Waals surface area contributed by atoms with Crippen LogP contribution in [0.1, 0.15) is 31.6 Å². The van der Waals surface area contributed by atoms with Crippen molar-refractivity contribution in [2.75, 3.05) is 6.54 Å². The van der Waals surface area contributed by atoms with Crippen molar-refractivity contribution in [2.24, 2.45) is 0 Å². The van der Waals surface area contributed by atoms with Crippen LogP contribution in [0.4, 0.5) is 4.79 Å². The largest absolute Gasteiger partial charge is 0.352 e. The molecule has 1 N–H and O–H groups in total. The van der Waals surface area contributed by atoms with Gasteiger partial charge in [-0.1, -0.05) is 19.9 Å². The van der Waals surface area contributed by atoms with Gasteiger partial charge in [0.15, 0.2) is 0 Å². The van der Waals surface area contributed by atoms with E-state index in [0.717, 1.165) is 22.6 Å². The van der Waals surface area contributed by atoms with Gasteiger partial charge in [0.05, 0.1) is 6.54 Å². The van der Waals surface area contributed by atoms with Crippen LogP contribution in [0.25, 0.3) is 0 Å². The van der Waals surface area contributed by atoms with Gasteiger partial charge >= 0.3 is 17.8 Å². The second-order valence-electron chi connectivity index (χ2n) is 5.23. The van der Waals surface area contributed by atoms with Gasteiger partial charge < -0.3 is 5.32 Å². The Morgan fingerprint density at radius 3 is 2.39 bits per heavy atom. The molecule has 1 aromatic heterocycles. The SMILES string of the molecule is CCC(CC)NC(=O)CN1C(=O)C(=O)N(Cc2cccs2)C1=O. The summed E-state index contributed by atoms with van der Waals surface area (Å²) in [6, 6.07) is 2.83. The van der Waals surface area contributed by atoms with Crippen LogP contribution in [0, 0.1) is 0 Å². The molecule has 7 nitrogen and oxygen atoms in total. The molecule has 124 valence electrons. The van der Waals surface area contributed by atoms with Crippen molar-refractivity contribution in [2.45, 2.75) is 39.3 Å². The number of amides is 5. The number of urea groups is 1. The molecule has 0 unspecified atom stereocenters. The fraction of sp³-hybridized carbons (Fsp3) is 0.467. The number of hydrogen-bond acceptors (Lipinski definition) is 5. The third-order valence-corrected chi connectivity index (χ3v) is 4.54. The number of rotatable bonds is 7. The van der Waals surface area contributed by atoms with Gasteiger partial charge in [-0.2, -0.15) is 0 Å². The lowest BCUT2D eigenvalue weighted by Gasteiger charge is -2.18. The van der Waals surface area contributed by atoms with Gasteiger partial charge in [0.25, 0.3) is 0 Å². The Kier molecular flexibility index (Phi) is 5.49. The maximum absolute atomic E-state index is 12.2. The summed E-state index contributed by atoms with van der Waals surface area (Å²) in [5.41, 5.74) is 0. The van der Waals surface area contributed by atoms with E-state index in [0.29, 0.717) is 4.90 Å². The number of carbonyl (C=O) groups is 4. The second kappa shape index (κ2) is 7.36. The van der Waals surface area contributed by atoms with Crippen LogP contribution in [0.2, 0.25) is 0 Å². The molecular formula is C15H19N3O4S. The molecule has 0 spiro atoms. The molecule has 5 amide bonds. The smallest absolute Gasteiger partial charge is 0.335 e. The highest BCUT2D eigenvalue weighted by atomic mass is 32.1. The quantitative estimate of drug-likeness (QED) is 0.601. The molecule has 0 atom stereocenters. The Morgan fingerprint density at radius 1 is 1.17 bits per heavy atom. The third kappa shape index (κ3) is 3.76. The van der Waals surface area contributed by atoms with Gasteiger partial charge in [-0.25, -0.2) is 9.69 Å². The first-order chi connectivity index (χ1) is 11.0. The fourth-order valence-electron chi connectivity index (χ4n) is 2.30. The molecule has 23 heavy (non-hydrogen) atoms. The predicted molar refractivity (Wildman–Crippen MR) is 84.5 cm³/mol. The third-order valence-electron chi connectivity index (χ3n) is 3.68. The van der Waals surface area contributed by atoms with Gasteiger partial charge in [0.1, 0.15) is 6.54 Å². The number of nitrogens with one attached hydrogen (secondary N) is 1. The Morgan fingerprint density at radius 2 is 1.83 bits per heavy atom. The second-order valence-corrected chi connectivity index (χ2v) is 6.26. The Hall–Kier alpha value is -2.22. The molecule has 1 fully saturated rings. The van der Waals surface area contributed by atoms with E-state index in [1.54, 1.807) is 12.1 Å². The van der Waals surface area contributed by atoms with Crippen LogP contribution < -0.4 is 5.32 Å². The minimum atomic E-state index is -0.953.